The molecule has 2 aliphatic rings. The van der Waals surface area contributed by atoms with E-state index in [1.54, 1.807) is 29.2 Å². The fourth-order valence-electron chi connectivity index (χ4n) is 3.19. The Kier molecular flexibility index (Phi) is 3.65. The number of nitrogens with zero attached hydrogens (tertiary/aromatic N) is 3. The molecule has 0 saturated heterocycles. The van der Waals surface area contributed by atoms with Gasteiger partial charge in [0.2, 0.25) is 0 Å². The largest absolute Gasteiger partial charge is 0.305 e. The first-order valence-electron chi connectivity index (χ1n) is 8.01. The molecule has 25 heavy (non-hydrogen) atoms. The van der Waals surface area contributed by atoms with Gasteiger partial charge in [0.1, 0.15) is 0 Å². The molecule has 6 nitrogen and oxygen atoms in total. The number of hydrogen-bond donors (Lipinski definition) is 0. The van der Waals surface area contributed by atoms with Crippen molar-refractivity contribution in [2.45, 2.75) is 6.54 Å². The minimum Gasteiger partial charge on any atom is -0.305 e. The van der Waals surface area contributed by atoms with Crippen LogP contribution in [0, 0.1) is 0 Å². The van der Waals surface area contributed by atoms with E-state index in [1.807, 2.05) is 24.3 Å². The predicted octanol–water partition coefficient (Wildman–Crippen LogP) is 1.90. The molecule has 0 saturated carbocycles. The number of anilines is 1. The van der Waals surface area contributed by atoms with Gasteiger partial charge in [0.25, 0.3) is 17.7 Å². The number of fused-ring (bicyclic) bond motifs is 2. The fourth-order valence-corrected chi connectivity index (χ4v) is 3.19. The lowest BCUT2D eigenvalue weighted by Crippen LogP contribution is -2.41. The van der Waals surface area contributed by atoms with Crippen molar-refractivity contribution < 1.29 is 14.4 Å². The molecule has 2 aromatic rings. The highest BCUT2D eigenvalue weighted by molar-refractivity contribution is 6.33. The van der Waals surface area contributed by atoms with Gasteiger partial charge in [0, 0.05) is 18.8 Å². The third-order valence-corrected chi connectivity index (χ3v) is 4.44. The van der Waals surface area contributed by atoms with Crippen molar-refractivity contribution in [3.8, 4) is 0 Å². The lowest BCUT2D eigenvalue weighted by molar-refractivity contribution is -0.112. The summed E-state index contributed by atoms with van der Waals surface area (Å²) in [6.07, 6.45) is 1.29. The number of carbonyl (C=O) groups is 3. The van der Waals surface area contributed by atoms with Crippen molar-refractivity contribution >= 4 is 29.6 Å². The molecule has 3 amide bonds. The molecule has 2 heterocycles. The standard InChI is InChI=1S/C19H15N3O3/c23-17-12-20-11-13-5-1-4-8-16(13)21(17)9-10-22-18(24)14-6-2-3-7-15(14)19(22)25/h1-8,12H,9-11H2. The first kappa shape index (κ1) is 15.3. The smallest absolute Gasteiger partial charge is 0.269 e. The molecular formula is C19H15N3O3. The fraction of sp³-hybridized carbons (Fsp3) is 0.158. The number of imide groups is 1. The lowest BCUT2D eigenvalue weighted by atomic mass is 10.1. The number of aliphatic imine (C=N–C) groups is 1. The van der Waals surface area contributed by atoms with Gasteiger partial charge in [0.15, 0.2) is 0 Å². The van der Waals surface area contributed by atoms with Crippen LogP contribution in [0.1, 0.15) is 26.3 Å². The number of hydrogen-bond acceptors (Lipinski definition) is 4. The Morgan fingerprint density at radius 3 is 2.12 bits per heavy atom. The van der Waals surface area contributed by atoms with Crippen molar-refractivity contribution in [2.75, 3.05) is 18.0 Å². The van der Waals surface area contributed by atoms with Gasteiger partial charge in [-0.1, -0.05) is 30.3 Å². The molecule has 124 valence electrons. The van der Waals surface area contributed by atoms with E-state index in [0.29, 0.717) is 17.7 Å². The Bertz CT molecular complexity index is 885. The molecule has 0 bridgehead atoms. The molecule has 0 fully saturated rings. The van der Waals surface area contributed by atoms with E-state index in [9.17, 15) is 14.4 Å². The van der Waals surface area contributed by atoms with Crippen molar-refractivity contribution in [1.82, 2.24) is 4.90 Å². The van der Waals surface area contributed by atoms with Crippen LogP contribution >= 0.6 is 0 Å². The zero-order valence-electron chi connectivity index (χ0n) is 13.4. The van der Waals surface area contributed by atoms with Gasteiger partial charge in [-0.25, -0.2) is 0 Å². The van der Waals surface area contributed by atoms with Crippen LogP contribution in [-0.4, -0.2) is 41.9 Å². The normalized spacial score (nSPS) is 16.1. The van der Waals surface area contributed by atoms with Crippen molar-refractivity contribution in [1.29, 1.82) is 0 Å². The van der Waals surface area contributed by atoms with E-state index in [2.05, 4.69) is 4.99 Å². The average molecular weight is 333 g/mol. The molecule has 6 heteroatoms. The molecule has 0 radical (unpaired) electrons. The van der Waals surface area contributed by atoms with Gasteiger partial charge in [-0.05, 0) is 23.8 Å². The Morgan fingerprint density at radius 2 is 1.40 bits per heavy atom. The zero-order chi connectivity index (χ0) is 17.4. The van der Waals surface area contributed by atoms with Gasteiger partial charge in [-0.2, -0.15) is 0 Å². The Labute approximate surface area is 144 Å². The molecule has 2 aromatic carbocycles. The van der Waals surface area contributed by atoms with Crippen LogP contribution in [0.15, 0.2) is 53.5 Å². The lowest BCUT2D eigenvalue weighted by Gasteiger charge is -2.24. The third-order valence-electron chi connectivity index (χ3n) is 4.44. The van der Waals surface area contributed by atoms with Gasteiger partial charge in [-0.3, -0.25) is 24.3 Å². The summed E-state index contributed by atoms with van der Waals surface area (Å²) in [5.74, 6) is -0.879. The third kappa shape index (κ3) is 2.52. The SMILES string of the molecule is O=C1c2ccccc2C(=O)N1CCN1C(=O)C=NCc2ccccc21. The summed E-state index contributed by atoms with van der Waals surface area (Å²) in [6.45, 7) is 0.805. The molecular weight excluding hydrogens is 318 g/mol. The van der Waals surface area contributed by atoms with Gasteiger partial charge in [-0.15, -0.1) is 0 Å². The summed E-state index contributed by atoms with van der Waals surface area (Å²) in [7, 11) is 0. The van der Waals surface area contributed by atoms with Crippen LogP contribution in [0.4, 0.5) is 5.69 Å². The van der Waals surface area contributed by atoms with Crippen LogP contribution in [0.2, 0.25) is 0 Å². The monoisotopic (exact) mass is 333 g/mol. The quantitative estimate of drug-likeness (QED) is 0.806. The molecule has 2 aliphatic heterocycles. The van der Waals surface area contributed by atoms with Gasteiger partial charge >= 0.3 is 0 Å². The molecule has 0 aliphatic carbocycles. The van der Waals surface area contributed by atoms with Crippen LogP contribution in [0.5, 0.6) is 0 Å². The van der Waals surface area contributed by atoms with Crippen LogP contribution in [0.3, 0.4) is 0 Å². The highest BCUT2D eigenvalue weighted by Gasteiger charge is 2.35. The van der Waals surface area contributed by atoms with E-state index in [-0.39, 0.29) is 30.8 Å². The summed E-state index contributed by atoms with van der Waals surface area (Å²) >= 11 is 0. The minimum atomic E-state index is -0.315. The van der Waals surface area contributed by atoms with Gasteiger partial charge < -0.3 is 4.90 Å². The first-order chi connectivity index (χ1) is 12.2. The highest BCUT2D eigenvalue weighted by Crippen LogP contribution is 2.25. The first-order valence-corrected chi connectivity index (χ1v) is 8.01. The minimum absolute atomic E-state index is 0.139. The number of amides is 3. The Morgan fingerprint density at radius 1 is 0.800 bits per heavy atom. The second-order valence-corrected chi connectivity index (χ2v) is 5.90. The van der Waals surface area contributed by atoms with Crippen LogP contribution in [-0.2, 0) is 11.3 Å². The topological polar surface area (TPSA) is 70.1 Å². The highest BCUT2D eigenvalue weighted by atomic mass is 16.2. The Hall–Kier alpha value is -3.28. The van der Waals surface area contributed by atoms with Gasteiger partial charge in [0.05, 0.1) is 23.9 Å². The molecule has 0 atom stereocenters. The molecule has 0 N–H and O–H groups in total. The molecule has 0 spiro atoms. The number of benzene rings is 2. The second-order valence-electron chi connectivity index (χ2n) is 5.90. The zero-order valence-corrected chi connectivity index (χ0v) is 13.4. The van der Waals surface area contributed by atoms with E-state index in [1.165, 1.54) is 11.1 Å². The maximum atomic E-state index is 12.5. The number of carbonyl (C=O) groups excluding carboxylic acids is 3. The molecule has 0 unspecified atom stereocenters. The van der Waals surface area contributed by atoms with E-state index in [0.717, 1.165) is 11.3 Å². The average Bonchev–Trinajstić information content (AvgIpc) is 2.77. The predicted molar refractivity (Wildman–Crippen MR) is 92.8 cm³/mol. The molecule has 0 aromatic heterocycles. The summed E-state index contributed by atoms with van der Waals surface area (Å²) in [6, 6.07) is 14.3. The Balaban J connectivity index is 1.58. The van der Waals surface area contributed by atoms with E-state index in [4.69, 9.17) is 0 Å². The summed E-state index contributed by atoms with van der Waals surface area (Å²) < 4.78 is 0. The summed E-state index contributed by atoms with van der Waals surface area (Å²) in [5.41, 5.74) is 2.53. The second kappa shape index (κ2) is 5.98. The maximum Gasteiger partial charge on any atom is 0.269 e. The summed E-state index contributed by atoms with van der Waals surface area (Å²) in [5, 5.41) is 0. The van der Waals surface area contributed by atoms with E-state index < -0.39 is 0 Å². The molecule has 4 rings (SSSR count). The van der Waals surface area contributed by atoms with E-state index >= 15 is 0 Å². The van der Waals surface area contributed by atoms with Crippen LogP contribution < -0.4 is 4.90 Å². The number of rotatable bonds is 3. The van der Waals surface area contributed by atoms with Crippen molar-refractivity contribution in [2.24, 2.45) is 4.99 Å². The number of para-hydroxylation sites is 1. The van der Waals surface area contributed by atoms with Crippen molar-refractivity contribution in [3.63, 3.8) is 0 Å². The maximum absolute atomic E-state index is 12.5. The summed E-state index contributed by atoms with van der Waals surface area (Å²) in [4.78, 5) is 44.1. The van der Waals surface area contributed by atoms with Crippen LogP contribution in [0.25, 0.3) is 0 Å². The van der Waals surface area contributed by atoms with Crippen molar-refractivity contribution in [3.05, 3.63) is 65.2 Å².